The molecule has 0 radical (unpaired) electrons. The first-order valence-corrected chi connectivity index (χ1v) is 5.18. The highest BCUT2D eigenvalue weighted by Gasteiger charge is 2.34. The Bertz CT molecular complexity index is 372. The highest BCUT2D eigenvalue weighted by Crippen LogP contribution is 2.24. The zero-order chi connectivity index (χ0) is 12.2. The van der Waals surface area contributed by atoms with Crippen molar-refractivity contribution in [2.24, 2.45) is 0 Å². The first kappa shape index (κ1) is 12.6. The number of ether oxygens (including phenoxy) is 2. The van der Waals surface area contributed by atoms with E-state index >= 15 is 0 Å². The SMILES string of the molecule is CCC(C)(OC)C(=O)c1ncccc1OC. The number of carbonyl (C=O) groups is 1. The Morgan fingerprint density at radius 3 is 2.69 bits per heavy atom. The minimum absolute atomic E-state index is 0.157. The third-order valence-electron chi connectivity index (χ3n) is 2.81. The number of nitrogens with zero attached hydrogens (tertiary/aromatic N) is 1. The fourth-order valence-electron chi connectivity index (χ4n) is 1.37. The quantitative estimate of drug-likeness (QED) is 0.717. The molecule has 1 aromatic rings. The summed E-state index contributed by atoms with van der Waals surface area (Å²) in [6.07, 6.45) is 2.16. The van der Waals surface area contributed by atoms with E-state index in [1.807, 2.05) is 6.92 Å². The van der Waals surface area contributed by atoms with Crippen molar-refractivity contribution in [2.75, 3.05) is 14.2 Å². The van der Waals surface area contributed by atoms with Crippen molar-refractivity contribution in [2.45, 2.75) is 25.9 Å². The van der Waals surface area contributed by atoms with Gasteiger partial charge in [0.05, 0.1) is 7.11 Å². The predicted molar refractivity (Wildman–Crippen MR) is 60.8 cm³/mol. The summed E-state index contributed by atoms with van der Waals surface area (Å²) in [6.45, 7) is 3.65. The average molecular weight is 223 g/mol. The van der Waals surface area contributed by atoms with Crippen LogP contribution >= 0.6 is 0 Å². The summed E-state index contributed by atoms with van der Waals surface area (Å²) in [6, 6.07) is 3.44. The lowest BCUT2D eigenvalue weighted by Crippen LogP contribution is -2.37. The van der Waals surface area contributed by atoms with Gasteiger partial charge in [0.2, 0.25) is 5.78 Å². The van der Waals surface area contributed by atoms with Gasteiger partial charge in [-0.25, -0.2) is 4.98 Å². The summed E-state index contributed by atoms with van der Waals surface area (Å²) < 4.78 is 10.4. The molecule has 1 unspecified atom stereocenters. The van der Waals surface area contributed by atoms with Crippen LogP contribution in [0.1, 0.15) is 30.8 Å². The lowest BCUT2D eigenvalue weighted by molar-refractivity contribution is 0.00992. The lowest BCUT2D eigenvalue weighted by atomic mass is 9.94. The van der Waals surface area contributed by atoms with Gasteiger partial charge in [0.1, 0.15) is 11.4 Å². The van der Waals surface area contributed by atoms with E-state index in [4.69, 9.17) is 9.47 Å². The summed E-state index contributed by atoms with van der Waals surface area (Å²) in [5.41, 5.74) is -0.530. The second kappa shape index (κ2) is 5.07. The highest BCUT2D eigenvalue weighted by molar-refractivity contribution is 6.02. The zero-order valence-electron chi connectivity index (χ0n) is 10.1. The van der Waals surface area contributed by atoms with Crippen molar-refractivity contribution in [3.63, 3.8) is 0 Å². The van der Waals surface area contributed by atoms with Gasteiger partial charge in [-0.2, -0.15) is 0 Å². The molecular formula is C12H17NO3. The summed E-state index contributed by atoms with van der Waals surface area (Å²) in [4.78, 5) is 16.3. The van der Waals surface area contributed by atoms with Crippen LogP contribution in [0.25, 0.3) is 0 Å². The van der Waals surface area contributed by atoms with Gasteiger partial charge >= 0.3 is 0 Å². The number of pyridine rings is 1. The third-order valence-corrected chi connectivity index (χ3v) is 2.81. The monoisotopic (exact) mass is 223 g/mol. The largest absolute Gasteiger partial charge is 0.494 e. The molecule has 0 fully saturated rings. The van der Waals surface area contributed by atoms with Crippen molar-refractivity contribution >= 4 is 5.78 Å². The molecule has 4 nitrogen and oxygen atoms in total. The molecule has 0 aromatic carbocycles. The summed E-state index contributed by atoms with van der Waals surface area (Å²) in [5, 5.41) is 0. The molecule has 0 saturated heterocycles. The summed E-state index contributed by atoms with van der Waals surface area (Å²) in [5.74, 6) is 0.319. The molecule has 0 saturated carbocycles. The number of ketones is 1. The molecule has 0 N–H and O–H groups in total. The normalized spacial score (nSPS) is 14.2. The topological polar surface area (TPSA) is 48.4 Å². The van der Waals surface area contributed by atoms with Crippen molar-refractivity contribution in [1.82, 2.24) is 4.98 Å². The number of carbonyl (C=O) groups excluding carboxylic acids is 1. The van der Waals surface area contributed by atoms with E-state index in [0.717, 1.165) is 0 Å². The van der Waals surface area contributed by atoms with E-state index < -0.39 is 5.60 Å². The van der Waals surface area contributed by atoms with Crippen molar-refractivity contribution in [1.29, 1.82) is 0 Å². The fraction of sp³-hybridized carbons (Fsp3) is 0.500. The number of hydrogen-bond acceptors (Lipinski definition) is 4. The van der Waals surface area contributed by atoms with E-state index in [2.05, 4.69) is 4.98 Å². The lowest BCUT2D eigenvalue weighted by Gasteiger charge is -2.24. The van der Waals surface area contributed by atoms with Crippen LogP contribution in [0.5, 0.6) is 5.75 Å². The van der Waals surface area contributed by atoms with Gasteiger partial charge in [-0.15, -0.1) is 0 Å². The molecular weight excluding hydrogens is 206 g/mol. The minimum Gasteiger partial charge on any atom is -0.494 e. The zero-order valence-corrected chi connectivity index (χ0v) is 10.1. The number of hydrogen-bond donors (Lipinski definition) is 0. The van der Waals surface area contributed by atoms with Crippen LogP contribution in [0.4, 0.5) is 0 Å². The molecule has 1 aromatic heterocycles. The Labute approximate surface area is 95.6 Å². The smallest absolute Gasteiger partial charge is 0.216 e. The molecule has 0 bridgehead atoms. The second-order valence-corrected chi connectivity index (χ2v) is 3.67. The molecule has 0 aliphatic rings. The van der Waals surface area contributed by atoms with Crippen LogP contribution in [-0.2, 0) is 4.74 Å². The molecule has 4 heteroatoms. The first-order valence-electron chi connectivity index (χ1n) is 5.18. The van der Waals surface area contributed by atoms with Crippen LogP contribution in [-0.4, -0.2) is 30.6 Å². The molecule has 1 heterocycles. The van der Waals surface area contributed by atoms with Gasteiger partial charge < -0.3 is 9.47 Å². The van der Waals surface area contributed by atoms with Crippen LogP contribution in [0.15, 0.2) is 18.3 Å². The molecule has 0 amide bonds. The van der Waals surface area contributed by atoms with Gasteiger partial charge in [0.25, 0.3) is 0 Å². The molecule has 16 heavy (non-hydrogen) atoms. The van der Waals surface area contributed by atoms with E-state index in [1.54, 1.807) is 25.3 Å². The molecule has 0 aliphatic heterocycles. The maximum absolute atomic E-state index is 12.2. The third kappa shape index (κ3) is 2.22. The maximum atomic E-state index is 12.2. The summed E-state index contributed by atoms with van der Waals surface area (Å²) >= 11 is 0. The van der Waals surface area contributed by atoms with E-state index in [-0.39, 0.29) is 5.78 Å². The molecule has 1 atom stereocenters. The average Bonchev–Trinajstić information content (AvgIpc) is 2.36. The van der Waals surface area contributed by atoms with Crippen molar-refractivity contribution in [3.8, 4) is 5.75 Å². The van der Waals surface area contributed by atoms with Gasteiger partial charge in [0, 0.05) is 13.3 Å². The van der Waals surface area contributed by atoms with E-state index in [0.29, 0.717) is 17.9 Å². The van der Waals surface area contributed by atoms with E-state index in [9.17, 15) is 4.79 Å². The fourth-order valence-corrected chi connectivity index (χ4v) is 1.37. The molecule has 0 spiro atoms. The molecule has 1 rings (SSSR count). The Morgan fingerprint density at radius 1 is 1.50 bits per heavy atom. The van der Waals surface area contributed by atoms with Crippen LogP contribution < -0.4 is 4.74 Å². The Balaban J connectivity index is 3.13. The van der Waals surface area contributed by atoms with Gasteiger partial charge in [-0.05, 0) is 25.5 Å². The van der Waals surface area contributed by atoms with Gasteiger partial charge in [-0.3, -0.25) is 4.79 Å². The number of methoxy groups -OCH3 is 2. The predicted octanol–water partition coefficient (Wildman–Crippen LogP) is 2.09. The van der Waals surface area contributed by atoms with Crippen LogP contribution in [0, 0.1) is 0 Å². The van der Waals surface area contributed by atoms with Crippen molar-refractivity contribution in [3.05, 3.63) is 24.0 Å². The van der Waals surface area contributed by atoms with Crippen molar-refractivity contribution < 1.29 is 14.3 Å². The summed E-state index contributed by atoms with van der Waals surface area (Å²) in [7, 11) is 3.04. The van der Waals surface area contributed by atoms with Crippen LogP contribution in [0.3, 0.4) is 0 Å². The number of aromatic nitrogens is 1. The molecule has 88 valence electrons. The first-order chi connectivity index (χ1) is 7.59. The highest BCUT2D eigenvalue weighted by atomic mass is 16.5. The Morgan fingerprint density at radius 2 is 2.19 bits per heavy atom. The standard InChI is InChI=1S/C12H17NO3/c1-5-12(2,16-4)11(14)10-9(15-3)7-6-8-13-10/h6-8H,5H2,1-4H3. The maximum Gasteiger partial charge on any atom is 0.216 e. The van der Waals surface area contributed by atoms with E-state index in [1.165, 1.54) is 14.2 Å². The van der Waals surface area contributed by atoms with Crippen LogP contribution in [0.2, 0.25) is 0 Å². The number of Topliss-reactive ketones (excluding diaryl/α,β-unsaturated/α-hetero) is 1. The minimum atomic E-state index is -0.846. The Hall–Kier alpha value is -1.42. The number of rotatable bonds is 5. The van der Waals surface area contributed by atoms with Gasteiger partial charge in [-0.1, -0.05) is 6.92 Å². The Kier molecular flexibility index (Phi) is 4.01. The molecule has 0 aliphatic carbocycles. The second-order valence-electron chi connectivity index (χ2n) is 3.67. The van der Waals surface area contributed by atoms with Gasteiger partial charge in [0.15, 0.2) is 5.69 Å².